The van der Waals surface area contributed by atoms with Crippen molar-refractivity contribution < 1.29 is 4.79 Å². The van der Waals surface area contributed by atoms with Gasteiger partial charge < -0.3 is 11.1 Å². The lowest BCUT2D eigenvalue weighted by atomic mass is 9.84. The molecule has 0 heterocycles. The molecule has 0 bridgehead atoms. The third-order valence-electron chi connectivity index (χ3n) is 3.00. The summed E-state index contributed by atoms with van der Waals surface area (Å²) >= 11 is 5.98. The normalized spacial score (nSPS) is 11.3. The molecule has 1 amide bonds. The summed E-state index contributed by atoms with van der Waals surface area (Å²) < 4.78 is 0. The number of rotatable bonds is 6. The van der Waals surface area contributed by atoms with Crippen LogP contribution < -0.4 is 11.1 Å². The summed E-state index contributed by atoms with van der Waals surface area (Å²) in [6.07, 6.45) is 2.23. The largest absolute Gasteiger partial charge is 0.330 e. The number of hydrogen-bond donors (Lipinski definition) is 2. The third-order valence-corrected chi connectivity index (χ3v) is 3.33. The Morgan fingerprint density at radius 1 is 1.33 bits per heavy atom. The van der Waals surface area contributed by atoms with Gasteiger partial charge in [0.1, 0.15) is 0 Å². The molecule has 0 saturated heterocycles. The molecule has 0 unspecified atom stereocenters. The quantitative estimate of drug-likeness (QED) is 0.830. The summed E-state index contributed by atoms with van der Waals surface area (Å²) in [5.41, 5.74) is 6.32. The van der Waals surface area contributed by atoms with Crippen LogP contribution in [0.15, 0.2) is 24.3 Å². The van der Waals surface area contributed by atoms with Crippen molar-refractivity contribution in [2.75, 3.05) is 11.9 Å². The first-order valence-electron chi connectivity index (χ1n) is 6.19. The minimum Gasteiger partial charge on any atom is -0.330 e. The first-order chi connectivity index (χ1) is 8.44. The van der Waals surface area contributed by atoms with Crippen LogP contribution in [0.2, 0.25) is 5.02 Å². The molecule has 0 spiro atoms. The maximum Gasteiger partial charge on any atom is 0.224 e. The average molecular weight is 269 g/mol. The van der Waals surface area contributed by atoms with Crippen LogP contribution in [0.1, 0.15) is 33.1 Å². The lowest BCUT2D eigenvalue weighted by molar-refractivity contribution is -0.116. The zero-order valence-electron chi connectivity index (χ0n) is 11.0. The molecule has 18 heavy (non-hydrogen) atoms. The van der Waals surface area contributed by atoms with E-state index in [9.17, 15) is 4.79 Å². The van der Waals surface area contributed by atoms with E-state index in [1.165, 1.54) is 0 Å². The minimum atomic E-state index is -0.00630. The Bertz CT molecular complexity index is 405. The molecule has 0 aliphatic heterocycles. The highest BCUT2D eigenvalue weighted by Crippen LogP contribution is 2.26. The maximum atomic E-state index is 11.8. The van der Waals surface area contributed by atoms with Crippen LogP contribution in [0.5, 0.6) is 0 Å². The second kappa shape index (κ2) is 6.76. The van der Waals surface area contributed by atoms with Gasteiger partial charge in [-0.2, -0.15) is 0 Å². The van der Waals surface area contributed by atoms with Crippen molar-refractivity contribution >= 4 is 23.2 Å². The topological polar surface area (TPSA) is 55.1 Å². The van der Waals surface area contributed by atoms with E-state index >= 15 is 0 Å². The van der Waals surface area contributed by atoms with Crippen molar-refractivity contribution in [3.63, 3.8) is 0 Å². The lowest BCUT2D eigenvalue weighted by Gasteiger charge is -2.23. The van der Waals surface area contributed by atoms with E-state index in [2.05, 4.69) is 19.2 Å². The highest BCUT2D eigenvalue weighted by Gasteiger charge is 2.18. The first-order valence-corrected chi connectivity index (χ1v) is 6.57. The number of para-hydroxylation sites is 1. The van der Waals surface area contributed by atoms with Crippen LogP contribution in [0.3, 0.4) is 0 Å². The number of halogens is 1. The van der Waals surface area contributed by atoms with Crippen molar-refractivity contribution in [3.05, 3.63) is 29.3 Å². The van der Waals surface area contributed by atoms with Gasteiger partial charge in [-0.25, -0.2) is 0 Å². The highest BCUT2D eigenvalue weighted by molar-refractivity contribution is 6.33. The average Bonchev–Trinajstić information content (AvgIpc) is 2.30. The molecule has 0 atom stereocenters. The van der Waals surface area contributed by atoms with E-state index in [4.69, 9.17) is 17.3 Å². The highest BCUT2D eigenvalue weighted by atomic mass is 35.5. The molecule has 4 heteroatoms. The first kappa shape index (κ1) is 15.0. The van der Waals surface area contributed by atoms with Crippen LogP contribution in [0, 0.1) is 5.41 Å². The number of nitrogens with one attached hydrogen (secondary N) is 1. The van der Waals surface area contributed by atoms with Crippen LogP contribution in [0.4, 0.5) is 5.69 Å². The molecule has 0 aromatic heterocycles. The Morgan fingerprint density at radius 3 is 2.61 bits per heavy atom. The monoisotopic (exact) mass is 268 g/mol. The summed E-state index contributed by atoms with van der Waals surface area (Å²) in [4.78, 5) is 11.8. The maximum absolute atomic E-state index is 11.8. The third kappa shape index (κ3) is 5.07. The van der Waals surface area contributed by atoms with Crippen molar-refractivity contribution in [2.24, 2.45) is 11.1 Å². The molecule has 3 N–H and O–H groups in total. The second-order valence-corrected chi connectivity index (χ2v) is 5.64. The Balaban J connectivity index is 2.46. The Hall–Kier alpha value is -1.06. The second-order valence-electron chi connectivity index (χ2n) is 5.23. The van der Waals surface area contributed by atoms with Gasteiger partial charge in [-0.15, -0.1) is 0 Å². The number of hydrogen-bond acceptors (Lipinski definition) is 2. The lowest BCUT2D eigenvalue weighted by Crippen LogP contribution is -2.20. The molecular weight excluding hydrogens is 248 g/mol. The van der Waals surface area contributed by atoms with Crippen molar-refractivity contribution in [2.45, 2.75) is 33.1 Å². The zero-order chi connectivity index (χ0) is 13.6. The van der Waals surface area contributed by atoms with Gasteiger partial charge in [0.15, 0.2) is 0 Å². The van der Waals surface area contributed by atoms with Gasteiger partial charge >= 0.3 is 0 Å². The van der Waals surface area contributed by atoms with Crippen LogP contribution >= 0.6 is 11.6 Å². The number of amides is 1. The molecule has 1 aromatic carbocycles. The fourth-order valence-corrected chi connectivity index (χ4v) is 1.93. The van der Waals surface area contributed by atoms with Gasteiger partial charge in [0.05, 0.1) is 10.7 Å². The van der Waals surface area contributed by atoms with Crippen molar-refractivity contribution in [3.8, 4) is 0 Å². The summed E-state index contributed by atoms with van der Waals surface area (Å²) in [6.45, 7) is 4.91. The Labute approximate surface area is 114 Å². The molecule has 0 saturated carbocycles. The van der Waals surface area contributed by atoms with Gasteiger partial charge in [0, 0.05) is 6.42 Å². The number of carbonyl (C=O) groups is 1. The number of benzene rings is 1. The van der Waals surface area contributed by atoms with E-state index in [0.29, 0.717) is 23.7 Å². The Kier molecular flexibility index (Phi) is 5.63. The summed E-state index contributed by atoms with van der Waals surface area (Å²) in [5.74, 6) is -0.00630. The van der Waals surface area contributed by atoms with Gasteiger partial charge in [0.2, 0.25) is 5.91 Å². The molecule has 0 aliphatic rings. The predicted molar refractivity (Wildman–Crippen MR) is 76.8 cm³/mol. The minimum absolute atomic E-state index is 0.00630. The molecule has 3 nitrogen and oxygen atoms in total. The molecular formula is C14H21ClN2O. The van der Waals surface area contributed by atoms with Crippen molar-refractivity contribution in [1.29, 1.82) is 0 Å². The zero-order valence-corrected chi connectivity index (χ0v) is 11.8. The Morgan fingerprint density at radius 2 is 2.00 bits per heavy atom. The number of carbonyl (C=O) groups excluding carboxylic acids is 1. The van der Waals surface area contributed by atoms with E-state index in [1.54, 1.807) is 12.1 Å². The van der Waals surface area contributed by atoms with E-state index in [-0.39, 0.29) is 11.3 Å². The molecule has 0 fully saturated rings. The summed E-state index contributed by atoms with van der Waals surface area (Å²) in [5, 5.41) is 3.38. The van der Waals surface area contributed by atoms with Gasteiger partial charge in [0.25, 0.3) is 0 Å². The van der Waals surface area contributed by atoms with Gasteiger partial charge in [-0.1, -0.05) is 37.6 Å². The standard InChI is InChI=1S/C14H21ClN2O/c1-14(2,9-10-16)8-7-13(18)17-12-6-4-3-5-11(12)15/h3-6H,7-10,16H2,1-2H3,(H,17,18). The number of nitrogens with two attached hydrogens (primary N) is 1. The molecule has 0 aliphatic carbocycles. The fourth-order valence-electron chi connectivity index (χ4n) is 1.74. The fraction of sp³-hybridized carbons (Fsp3) is 0.500. The predicted octanol–water partition coefficient (Wildman–Crippen LogP) is 3.43. The van der Waals surface area contributed by atoms with E-state index in [1.807, 2.05) is 12.1 Å². The van der Waals surface area contributed by atoms with Crippen LogP contribution in [-0.4, -0.2) is 12.5 Å². The molecule has 0 radical (unpaired) electrons. The van der Waals surface area contributed by atoms with Gasteiger partial charge in [-0.05, 0) is 36.9 Å². The SMILES string of the molecule is CC(C)(CCN)CCC(=O)Nc1ccccc1Cl. The van der Waals surface area contributed by atoms with Crippen LogP contribution in [0.25, 0.3) is 0 Å². The molecule has 1 aromatic rings. The van der Waals surface area contributed by atoms with Crippen molar-refractivity contribution in [1.82, 2.24) is 0 Å². The van der Waals surface area contributed by atoms with Gasteiger partial charge in [-0.3, -0.25) is 4.79 Å². The summed E-state index contributed by atoms with van der Waals surface area (Å²) in [6, 6.07) is 7.24. The summed E-state index contributed by atoms with van der Waals surface area (Å²) in [7, 11) is 0. The molecule has 1 rings (SSSR count). The molecule has 100 valence electrons. The van der Waals surface area contributed by atoms with E-state index < -0.39 is 0 Å². The smallest absolute Gasteiger partial charge is 0.224 e. The van der Waals surface area contributed by atoms with Crippen LogP contribution in [-0.2, 0) is 4.79 Å². The number of anilines is 1. The van der Waals surface area contributed by atoms with E-state index in [0.717, 1.165) is 12.8 Å².